The normalized spacial score (nSPS) is 12.2. The van der Waals surface area contributed by atoms with E-state index in [2.05, 4.69) is 53.6 Å². The van der Waals surface area contributed by atoms with E-state index in [1.807, 2.05) is 25.4 Å². The van der Waals surface area contributed by atoms with Crippen LogP contribution in [0.1, 0.15) is 67.7 Å². The molecule has 0 atom stereocenters. The third-order valence-electron chi connectivity index (χ3n) is 8.24. The Balaban J connectivity index is 1.57. The molecule has 1 amide bonds. The van der Waals surface area contributed by atoms with Gasteiger partial charge in [0.25, 0.3) is 0 Å². The molecule has 0 radical (unpaired) electrons. The lowest BCUT2D eigenvalue weighted by Crippen LogP contribution is -2.40. The molecule has 0 saturated heterocycles. The number of anilines is 1. The van der Waals surface area contributed by atoms with Gasteiger partial charge in [0.15, 0.2) is 8.32 Å². The van der Waals surface area contributed by atoms with E-state index in [1.165, 1.54) is 6.20 Å². The van der Waals surface area contributed by atoms with E-state index in [0.717, 1.165) is 29.3 Å². The van der Waals surface area contributed by atoms with Gasteiger partial charge >= 0.3 is 0 Å². The quantitative estimate of drug-likeness (QED) is 0.174. The maximum atomic E-state index is 13.8. The molecule has 0 bridgehead atoms. The van der Waals surface area contributed by atoms with Gasteiger partial charge in [0.05, 0.1) is 29.1 Å². The van der Waals surface area contributed by atoms with E-state index < -0.39 is 8.32 Å². The van der Waals surface area contributed by atoms with Gasteiger partial charge in [-0.05, 0) is 80.7 Å². The predicted octanol–water partition coefficient (Wildman–Crippen LogP) is 6.21. The highest BCUT2D eigenvalue weighted by molar-refractivity contribution is 6.72. The number of rotatable bonds is 10. The van der Waals surface area contributed by atoms with Crippen LogP contribution in [0, 0.1) is 11.3 Å². The Kier molecular flexibility index (Phi) is 8.29. The highest BCUT2D eigenvalue weighted by Gasteiger charge is 2.39. The van der Waals surface area contributed by atoms with Crippen LogP contribution in [-0.4, -0.2) is 39.3 Å². The number of hydrogen-bond donors (Lipinski definition) is 2. The number of nitrogens with zero attached hydrogens (tertiary/aromatic N) is 4. The second kappa shape index (κ2) is 11.4. The van der Waals surface area contributed by atoms with Crippen LogP contribution in [0.2, 0.25) is 18.1 Å². The first-order valence-electron chi connectivity index (χ1n) is 13.7. The zero-order chi connectivity index (χ0) is 30.0. The van der Waals surface area contributed by atoms with Crippen molar-refractivity contribution in [3.63, 3.8) is 0 Å². The second-order valence-electron chi connectivity index (χ2n) is 12.4. The van der Waals surface area contributed by atoms with Crippen LogP contribution in [-0.2, 0) is 16.8 Å². The van der Waals surface area contributed by atoms with Crippen LogP contribution in [0.25, 0.3) is 10.9 Å². The van der Waals surface area contributed by atoms with Crippen LogP contribution in [0.15, 0.2) is 67.3 Å². The molecule has 212 valence electrons. The Morgan fingerprint density at radius 3 is 2.41 bits per heavy atom. The molecule has 4 aromatic rings. The number of pyridine rings is 2. The first kappa shape index (κ1) is 29.8. The van der Waals surface area contributed by atoms with Crippen LogP contribution in [0.4, 0.5) is 5.69 Å². The lowest BCUT2D eigenvalue weighted by molar-refractivity contribution is -0.115. The summed E-state index contributed by atoms with van der Waals surface area (Å²) in [6.45, 7) is 12.5. The Hall–Kier alpha value is -4.13. The predicted molar refractivity (Wildman–Crippen MR) is 163 cm³/mol. The lowest BCUT2D eigenvalue weighted by Gasteiger charge is -2.38. The first-order valence-corrected chi connectivity index (χ1v) is 16.6. The van der Waals surface area contributed by atoms with E-state index in [1.54, 1.807) is 48.8 Å². The molecular formula is C32H37N5O3Si. The van der Waals surface area contributed by atoms with Crippen LogP contribution in [0.3, 0.4) is 0 Å². The molecular weight excluding hydrogens is 530 g/mol. The summed E-state index contributed by atoms with van der Waals surface area (Å²) < 4.78 is 2.13. The van der Waals surface area contributed by atoms with Gasteiger partial charge in [0.1, 0.15) is 5.69 Å². The first-order chi connectivity index (χ1) is 19.2. The Morgan fingerprint density at radius 2 is 1.76 bits per heavy atom. The smallest absolute Gasteiger partial charge is 0.228 e. The van der Waals surface area contributed by atoms with Gasteiger partial charge in [0.2, 0.25) is 11.7 Å². The SMILES string of the molecule is CC(C)(CCC(C)(C)[Si](C)(C)O)n1cc(C(=O)c2cc(NC(=O)Cc3ccc(C#N)cc3)ccn2)c2cnccc21. The molecule has 0 aliphatic rings. The molecule has 9 heteroatoms. The van der Waals surface area contributed by atoms with E-state index in [9.17, 15) is 14.4 Å². The van der Waals surface area contributed by atoms with Gasteiger partial charge in [-0.3, -0.25) is 19.6 Å². The maximum Gasteiger partial charge on any atom is 0.228 e. The summed E-state index contributed by atoms with van der Waals surface area (Å²) in [5.41, 5.74) is 3.07. The van der Waals surface area contributed by atoms with E-state index >= 15 is 0 Å². The van der Waals surface area contributed by atoms with Gasteiger partial charge in [-0.1, -0.05) is 26.0 Å². The number of carbonyl (C=O) groups excluding carboxylic acids is 2. The molecule has 0 unspecified atom stereocenters. The summed E-state index contributed by atoms with van der Waals surface area (Å²) in [7, 11) is -2.36. The molecule has 3 heterocycles. The summed E-state index contributed by atoms with van der Waals surface area (Å²) >= 11 is 0. The van der Waals surface area contributed by atoms with Crippen molar-refractivity contribution >= 4 is 36.6 Å². The maximum absolute atomic E-state index is 13.8. The second-order valence-corrected chi connectivity index (χ2v) is 16.8. The van der Waals surface area contributed by atoms with Gasteiger partial charge < -0.3 is 14.7 Å². The number of benzene rings is 1. The number of hydrogen-bond acceptors (Lipinski definition) is 6. The minimum absolute atomic E-state index is 0.137. The Morgan fingerprint density at radius 1 is 1.05 bits per heavy atom. The molecule has 8 nitrogen and oxygen atoms in total. The average Bonchev–Trinajstić information content (AvgIpc) is 3.32. The molecule has 3 aromatic heterocycles. The van der Waals surface area contributed by atoms with Crippen molar-refractivity contribution in [1.82, 2.24) is 14.5 Å². The Bertz CT molecular complexity index is 1630. The van der Waals surface area contributed by atoms with E-state index in [0.29, 0.717) is 16.8 Å². The highest BCUT2D eigenvalue weighted by Crippen LogP contribution is 2.43. The summed E-state index contributed by atoms with van der Waals surface area (Å²) in [5.74, 6) is -0.496. The summed E-state index contributed by atoms with van der Waals surface area (Å²) in [4.78, 5) is 45.8. The summed E-state index contributed by atoms with van der Waals surface area (Å²) in [5, 5.41) is 12.4. The van der Waals surface area contributed by atoms with Crippen molar-refractivity contribution in [1.29, 1.82) is 5.26 Å². The van der Waals surface area contributed by atoms with Crippen molar-refractivity contribution in [2.75, 3.05) is 5.32 Å². The van der Waals surface area contributed by atoms with Crippen molar-refractivity contribution < 1.29 is 14.4 Å². The van der Waals surface area contributed by atoms with E-state index in [4.69, 9.17) is 5.26 Å². The van der Waals surface area contributed by atoms with Crippen molar-refractivity contribution in [2.45, 2.75) is 70.6 Å². The van der Waals surface area contributed by atoms with Crippen molar-refractivity contribution in [3.8, 4) is 6.07 Å². The monoisotopic (exact) mass is 567 g/mol. The minimum Gasteiger partial charge on any atom is -0.432 e. The number of nitriles is 1. The molecule has 41 heavy (non-hydrogen) atoms. The van der Waals surface area contributed by atoms with E-state index in [-0.39, 0.29) is 34.4 Å². The molecule has 0 aliphatic heterocycles. The van der Waals surface area contributed by atoms with Crippen molar-refractivity contribution in [2.24, 2.45) is 0 Å². The lowest BCUT2D eigenvalue weighted by atomic mass is 9.93. The number of ketones is 1. The van der Waals surface area contributed by atoms with Gasteiger partial charge in [-0.2, -0.15) is 5.26 Å². The van der Waals surface area contributed by atoms with Gasteiger partial charge in [-0.25, -0.2) is 0 Å². The number of aromatic nitrogens is 3. The zero-order valence-electron chi connectivity index (χ0n) is 24.5. The number of nitrogens with one attached hydrogen (secondary N) is 1. The van der Waals surface area contributed by atoms with Crippen LogP contribution < -0.4 is 5.32 Å². The third kappa shape index (κ3) is 6.61. The Labute approximate surface area is 242 Å². The van der Waals surface area contributed by atoms with Crippen LogP contribution in [0.5, 0.6) is 0 Å². The number of carbonyl (C=O) groups is 2. The average molecular weight is 568 g/mol. The number of amides is 1. The minimum atomic E-state index is -2.36. The molecule has 2 N–H and O–H groups in total. The fourth-order valence-corrected chi connectivity index (χ4v) is 5.39. The largest absolute Gasteiger partial charge is 0.432 e. The molecule has 0 saturated carbocycles. The molecule has 4 rings (SSSR count). The fourth-order valence-electron chi connectivity index (χ4n) is 4.66. The van der Waals surface area contributed by atoms with Gasteiger partial charge in [-0.15, -0.1) is 0 Å². The van der Waals surface area contributed by atoms with Crippen LogP contribution >= 0.6 is 0 Å². The molecule has 0 aliphatic carbocycles. The standard InChI is InChI=1S/C32H37N5O3Si/c1-31(2,13-14-32(3,4)41(5,6)40)37-21-26(25-20-34-15-12-28(25)37)30(39)27-18-24(11-16-35-27)36-29(38)17-22-7-9-23(19-33)10-8-22/h7-12,15-16,18,20-21,40H,13-14,17H2,1-6H3,(H,35,36,38). The van der Waals surface area contributed by atoms with Gasteiger partial charge in [0, 0.05) is 41.4 Å². The molecule has 0 spiro atoms. The fraction of sp³-hybridized carbons (Fsp3) is 0.344. The zero-order valence-corrected chi connectivity index (χ0v) is 25.5. The molecule has 1 aromatic carbocycles. The highest BCUT2D eigenvalue weighted by atomic mass is 28.4. The van der Waals surface area contributed by atoms with Crippen molar-refractivity contribution in [3.05, 3.63) is 89.6 Å². The summed E-state index contributed by atoms with van der Waals surface area (Å²) in [6, 6.07) is 14.1. The third-order valence-corrected chi connectivity index (χ3v) is 11.8. The summed E-state index contributed by atoms with van der Waals surface area (Å²) in [6.07, 6.45) is 8.60. The topological polar surface area (TPSA) is 121 Å². The number of fused-ring (bicyclic) bond motifs is 1. The molecule has 0 fully saturated rings.